The summed E-state index contributed by atoms with van der Waals surface area (Å²) in [4.78, 5) is 24.9. The number of hydrogen-bond acceptors (Lipinski definition) is 14. The first kappa shape index (κ1) is 44.9. The molecule has 2 aliphatic rings. The van der Waals surface area contributed by atoms with Crippen molar-refractivity contribution in [3.8, 4) is 0 Å². The van der Waals surface area contributed by atoms with E-state index in [1.807, 2.05) is 6.55 Å². The fraction of sp³-hybridized carbons (Fsp3) is 0.917. The van der Waals surface area contributed by atoms with Crippen LogP contribution in [0.2, 0.25) is 38.3 Å². The largest absolute Gasteiger partial charge is 0.463 e. The Morgan fingerprint density at radius 2 is 1.19 bits per heavy atom. The van der Waals surface area contributed by atoms with Crippen LogP contribution in [0.15, 0.2) is 0 Å². The van der Waals surface area contributed by atoms with E-state index in [0.29, 0.717) is 12.8 Å². The second-order valence-corrected chi connectivity index (χ2v) is 22.2. The van der Waals surface area contributed by atoms with Gasteiger partial charge in [0.05, 0.1) is 0 Å². The molecule has 2 aliphatic heterocycles. The zero-order valence-corrected chi connectivity index (χ0v) is 37.7. The molecule has 0 amide bonds. The van der Waals surface area contributed by atoms with Gasteiger partial charge in [-0.1, -0.05) is 0 Å². The van der Waals surface area contributed by atoms with E-state index in [2.05, 4.69) is 76.4 Å². The van der Waals surface area contributed by atoms with Gasteiger partial charge in [-0.05, 0) is 65.0 Å². The molecule has 2 saturated heterocycles. The first-order valence-electron chi connectivity index (χ1n) is 15.0. The Balaban J connectivity index is 1.64. The average Bonchev–Trinajstić information content (AvgIpc) is 3.47. The van der Waals surface area contributed by atoms with Crippen LogP contribution in [0, 0.1) is 0 Å². The molecule has 2 radical (unpaired) electrons. The molecular weight excluding hydrogens is 782 g/mol. The molecule has 14 nitrogen and oxygen atoms in total. The summed E-state index contributed by atoms with van der Waals surface area (Å²) >= 11 is 0. The fourth-order valence-electron chi connectivity index (χ4n) is 5.42. The SMILES string of the molecule is C[Si](CCCC(=O)OC[C@H]1O[C@](C)(OP)C(OP)C1OP)O[Si](C)O[Si](C)(C)CCCC(=O)OC[C@H]1O[C@](C)(OP)C(OP)C1OP. The summed E-state index contributed by atoms with van der Waals surface area (Å²) in [5.74, 6) is -2.77. The highest BCUT2D eigenvalue weighted by Crippen LogP contribution is 2.40. The molecule has 2 fully saturated rings. The predicted octanol–water partition coefficient (Wildman–Crippen LogP) is 4.16. The van der Waals surface area contributed by atoms with Gasteiger partial charge in [0.2, 0.25) is 0 Å². The van der Waals surface area contributed by atoms with Crippen molar-refractivity contribution in [2.75, 3.05) is 13.2 Å². The quantitative estimate of drug-likeness (QED) is 0.0875. The number of carbonyl (C=O) groups is 2. The first-order valence-corrected chi connectivity index (χ1v) is 24.9. The summed E-state index contributed by atoms with van der Waals surface area (Å²) in [6.07, 6.45) is -1.35. The van der Waals surface area contributed by atoms with Crippen LogP contribution in [0.25, 0.3) is 0 Å². The molecule has 47 heavy (non-hydrogen) atoms. The van der Waals surface area contributed by atoms with Crippen LogP contribution >= 0.6 is 56.8 Å². The van der Waals surface area contributed by atoms with Crippen LogP contribution in [0.3, 0.4) is 0 Å². The monoisotopic (exact) mass is 834 g/mol. The number of ether oxygens (including phenoxy) is 4. The van der Waals surface area contributed by atoms with Crippen LogP contribution in [-0.2, 0) is 63.9 Å². The van der Waals surface area contributed by atoms with Crippen molar-refractivity contribution < 1.29 is 63.9 Å². The molecule has 2 rings (SSSR count). The van der Waals surface area contributed by atoms with Crippen LogP contribution in [0.5, 0.6) is 0 Å². The van der Waals surface area contributed by atoms with Gasteiger partial charge in [0.1, 0.15) is 49.8 Å². The van der Waals surface area contributed by atoms with Gasteiger partial charge in [-0.15, -0.1) is 0 Å². The normalized spacial score (nSPS) is 31.2. The maximum Gasteiger partial charge on any atom is 0.359 e. The van der Waals surface area contributed by atoms with Gasteiger partial charge in [-0.25, -0.2) is 0 Å². The summed E-state index contributed by atoms with van der Waals surface area (Å²) in [5.41, 5.74) is 0. The molecule has 0 aromatic carbocycles. The van der Waals surface area contributed by atoms with Crippen molar-refractivity contribution in [2.24, 2.45) is 0 Å². The first-order chi connectivity index (χ1) is 22.1. The number of rotatable bonds is 22. The van der Waals surface area contributed by atoms with Gasteiger partial charge in [0.15, 0.2) is 28.9 Å². The molecule has 10 unspecified atom stereocenters. The Morgan fingerprint density at radius 1 is 0.745 bits per heavy atom. The third-order valence-corrected chi connectivity index (χ3v) is 18.5. The lowest BCUT2D eigenvalue weighted by molar-refractivity contribution is -0.190. The lowest BCUT2D eigenvalue weighted by Crippen LogP contribution is -2.41. The molecule has 0 aromatic heterocycles. The highest BCUT2D eigenvalue weighted by atomic mass is 31.0. The second-order valence-electron chi connectivity index (χ2n) is 12.1. The van der Waals surface area contributed by atoms with E-state index in [4.69, 9.17) is 54.3 Å². The highest BCUT2D eigenvalue weighted by molar-refractivity contribution is 7.11. The lowest BCUT2D eigenvalue weighted by atomic mass is 10.1. The minimum Gasteiger partial charge on any atom is -0.463 e. The molecule has 14 atom stereocenters. The van der Waals surface area contributed by atoms with E-state index in [1.165, 1.54) is 0 Å². The third kappa shape index (κ3) is 13.6. The molecule has 0 spiro atoms. The molecule has 23 heteroatoms. The van der Waals surface area contributed by atoms with Crippen molar-refractivity contribution in [1.29, 1.82) is 0 Å². The highest BCUT2D eigenvalue weighted by Gasteiger charge is 2.55. The van der Waals surface area contributed by atoms with Crippen LogP contribution < -0.4 is 0 Å². The molecular formula is C24H52O14P6Si3. The van der Waals surface area contributed by atoms with E-state index in [1.54, 1.807) is 13.8 Å². The van der Waals surface area contributed by atoms with Gasteiger partial charge in [0, 0.05) is 69.6 Å². The minimum absolute atomic E-state index is 0.0159. The number of hydrogen-bond donors (Lipinski definition) is 0. The lowest BCUT2D eigenvalue weighted by Gasteiger charge is -2.28. The van der Waals surface area contributed by atoms with Crippen molar-refractivity contribution in [2.45, 2.75) is 126 Å². The van der Waals surface area contributed by atoms with Crippen LogP contribution in [0.1, 0.15) is 39.5 Å². The standard InChI is InChI=1S/C24H52O14P6Si3/c1-23(35-43)21(33-41)19(31-39)15(29-23)13-27-17(25)9-7-11-45(3)37-46(4)38-47(5,6)12-8-10-18(26)28-14-16-20(32-40)22(34-42)24(2,30-16)36-44/h15-16,19-22H,7-14,39-44H2,1-6H3/t15-,16-,19?,20?,21?,22?,23-,24-/m1/s1. The summed E-state index contributed by atoms with van der Waals surface area (Å²) in [6, 6.07) is 1.56. The summed E-state index contributed by atoms with van der Waals surface area (Å²) in [5, 5.41) is 0. The summed E-state index contributed by atoms with van der Waals surface area (Å²) in [7, 11) is 8.37. The van der Waals surface area contributed by atoms with Crippen molar-refractivity contribution in [1.82, 2.24) is 0 Å². The molecule has 274 valence electrons. The zero-order chi connectivity index (χ0) is 35.4. The predicted molar refractivity (Wildman–Crippen MR) is 199 cm³/mol. The Bertz CT molecular complexity index is 984. The minimum atomic E-state index is -2.08. The van der Waals surface area contributed by atoms with Crippen molar-refractivity contribution in [3.63, 3.8) is 0 Å². The van der Waals surface area contributed by atoms with Gasteiger partial charge in [0.25, 0.3) is 0 Å². The van der Waals surface area contributed by atoms with Crippen molar-refractivity contribution in [3.05, 3.63) is 0 Å². The Labute approximate surface area is 297 Å². The topological polar surface area (TPSA) is 145 Å². The summed E-state index contributed by atoms with van der Waals surface area (Å²) < 4.78 is 67.9. The Hall–Kier alpha value is 1.77. The van der Waals surface area contributed by atoms with E-state index in [0.717, 1.165) is 12.1 Å². The third-order valence-electron chi connectivity index (χ3n) is 7.83. The Kier molecular flexibility index (Phi) is 20.5. The van der Waals surface area contributed by atoms with Crippen LogP contribution in [-0.4, -0.2) is 100.0 Å². The molecule has 0 aliphatic carbocycles. The fourth-order valence-corrected chi connectivity index (χ4v) is 15.4. The number of esters is 2. The van der Waals surface area contributed by atoms with Gasteiger partial charge >= 0.3 is 21.2 Å². The summed E-state index contributed by atoms with van der Waals surface area (Å²) in [6.45, 7) is 11.8. The molecule has 2 heterocycles. The average molecular weight is 835 g/mol. The van der Waals surface area contributed by atoms with Crippen LogP contribution in [0.4, 0.5) is 0 Å². The smallest absolute Gasteiger partial charge is 0.359 e. The van der Waals surface area contributed by atoms with E-state index in [9.17, 15) is 9.59 Å². The van der Waals surface area contributed by atoms with Gasteiger partial charge in [-0.3, -0.25) is 9.59 Å². The van der Waals surface area contributed by atoms with E-state index >= 15 is 0 Å². The maximum atomic E-state index is 12.5. The van der Waals surface area contributed by atoms with E-state index < -0.39 is 74.8 Å². The number of carbonyl (C=O) groups excluding carboxylic acids is 2. The second kappa shape index (κ2) is 21.5. The molecule has 0 aromatic rings. The molecule has 0 saturated carbocycles. The molecule has 0 N–H and O–H groups in total. The van der Waals surface area contributed by atoms with Crippen molar-refractivity contribution >= 4 is 95.4 Å². The Morgan fingerprint density at radius 3 is 1.60 bits per heavy atom. The zero-order valence-electron chi connectivity index (χ0n) is 27.8. The molecule has 0 bridgehead atoms. The van der Waals surface area contributed by atoms with Gasteiger partial charge in [-0.2, -0.15) is 0 Å². The maximum absolute atomic E-state index is 12.5. The van der Waals surface area contributed by atoms with E-state index in [-0.39, 0.29) is 38.0 Å². The van der Waals surface area contributed by atoms with Gasteiger partial charge < -0.3 is 54.3 Å².